The molecule has 0 heterocycles. The normalized spacial score (nSPS) is 11.0. The number of carboxylic acid groups (broad SMARTS) is 1. The van der Waals surface area contributed by atoms with Crippen molar-refractivity contribution >= 4 is 27.5 Å². The predicted octanol–water partition coefficient (Wildman–Crippen LogP) is 5.90. The van der Waals surface area contributed by atoms with Gasteiger partial charge in [-0.25, -0.2) is 0 Å². The number of hydrogen-bond donors (Lipinski definition) is 1. The fourth-order valence-electron chi connectivity index (χ4n) is 3.50. The molecule has 1 N–H and O–H groups in total. The lowest BCUT2D eigenvalue weighted by molar-refractivity contribution is -0.137. The smallest absolute Gasteiger partial charge is 0.303 e. The average molecular weight is 356 g/mol. The van der Waals surface area contributed by atoms with Gasteiger partial charge in [0.15, 0.2) is 0 Å². The van der Waals surface area contributed by atoms with Gasteiger partial charge in [-0.1, -0.05) is 72.8 Å². The highest BCUT2D eigenvalue weighted by Crippen LogP contribution is 2.40. The highest BCUT2D eigenvalue weighted by molar-refractivity contribution is 6.07. The second-order valence-electron chi connectivity index (χ2n) is 6.53. The lowest BCUT2D eigenvalue weighted by Crippen LogP contribution is -2.03. The van der Waals surface area contributed by atoms with Crippen molar-refractivity contribution in [3.63, 3.8) is 0 Å². The van der Waals surface area contributed by atoms with Crippen molar-refractivity contribution in [2.75, 3.05) is 6.61 Å². The van der Waals surface area contributed by atoms with Crippen LogP contribution in [-0.2, 0) is 4.79 Å². The van der Waals surface area contributed by atoms with E-state index in [0.717, 1.165) is 27.6 Å². The van der Waals surface area contributed by atoms with E-state index in [2.05, 4.69) is 48.5 Å². The van der Waals surface area contributed by atoms with Crippen LogP contribution < -0.4 is 4.74 Å². The molecule has 0 radical (unpaired) electrons. The number of fused-ring (bicyclic) bond motifs is 2. The lowest BCUT2D eigenvalue weighted by atomic mass is 9.93. The summed E-state index contributed by atoms with van der Waals surface area (Å²) in [5, 5.41) is 13.5. The van der Waals surface area contributed by atoms with Crippen molar-refractivity contribution in [1.82, 2.24) is 0 Å². The zero-order valence-electron chi connectivity index (χ0n) is 14.9. The zero-order chi connectivity index (χ0) is 18.6. The number of benzene rings is 4. The summed E-state index contributed by atoms with van der Waals surface area (Å²) in [7, 11) is 0. The predicted molar refractivity (Wildman–Crippen MR) is 109 cm³/mol. The summed E-state index contributed by atoms with van der Waals surface area (Å²) in [5.74, 6) is -0.0122. The molecule has 0 atom stereocenters. The van der Waals surface area contributed by atoms with Crippen molar-refractivity contribution in [2.45, 2.75) is 12.8 Å². The fourth-order valence-corrected chi connectivity index (χ4v) is 3.50. The van der Waals surface area contributed by atoms with Crippen LogP contribution in [0, 0.1) is 0 Å². The second-order valence-corrected chi connectivity index (χ2v) is 6.53. The van der Waals surface area contributed by atoms with Crippen molar-refractivity contribution < 1.29 is 14.6 Å². The molecule has 0 unspecified atom stereocenters. The van der Waals surface area contributed by atoms with Crippen LogP contribution in [0.1, 0.15) is 12.8 Å². The maximum absolute atomic E-state index is 10.8. The molecular weight excluding hydrogens is 336 g/mol. The molecule has 3 heteroatoms. The third kappa shape index (κ3) is 3.49. The highest BCUT2D eigenvalue weighted by Gasteiger charge is 2.14. The van der Waals surface area contributed by atoms with Crippen LogP contribution in [-0.4, -0.2) is 17.7 Å². The highest BCUT2D eigenvalue weighted by atomic mass is 16.5. The molecule has 0 spiro atoms. The van der Waals surface area contributed by atoms with Gasteiger partial charge in [-0.15, -0.1) is 0 Å². The second kappa shape index (κ2) is 7.50. The summed E-state index contributed by atoms with van der Waals surface area (Å²) in [4.78, 5) is 10.8. The van der Waals surface area contributed by atoms with Gasteiger partial charge in [0, 0.05) is 12.0 Å². The van der Waals surface area contributed by atoms with Crippen molar-refractivity contribution in [3.8, 4) is 16.9 Å². The van der Waals surface area contributed by atoms with Gasteiger partial charge < -0.3 is 9.84 Å². The lowest BCUT2D eigenvalue weighted by Gasteiger charge is -2.16. The number of hydrogen-bond acceptors (Lipinski definition) is 2. The van der Waals surface area contributed by atoms with Crippen molar-refractivity contribution in [2.24, 2.45) is 0 Å². The summed E-state index contributed by atoms with van der Waals surface area (Å²) >= 11 is 0. The Kier molecular flexibility index (Phi) is 4.75. The minimum absolute atomic E-state index is 0.108. The van der Waals surface area contributed by atoms with E-state index in [4.69, 9.17) is 9.84 Å². The molecule has 3 nitrogen and oxygen atoms in total. The van der Waals surface area contributed by atoms with E-state index in [9.17, 15) is 4.79 Å². The molecule has 0 amide bonds. The Morgan fingerprint density at radius 3 is 2.22 bits per heavy atom. The van der Waals surface area contributed by atoms with E-state index < -0.39 is 5.97 Å². The molecule has 0 aliphatic heterocycles. The molecule has 0 saturated heterocycles. The molecule has 4 aromatic rings. The summed E-state index contributed by atoms with van der Waals surface area (Å²) in [6.07, 6.45) is 0.592. The average Bonchev–Trinajstić information content (AvgIpc) is 2.70. The molecule has 4 rings (SSSR count). The van der Waals surface area contributed by atoms with Gasteiger partial charge in [0.05, 0.1) is 6.61 Å². The van der Waals surface area contributed by atoms with Gasteiger partial charge in [-0.2, -0.15) is 0 Å². The topological polar surface area (TPSA) is 46.5 Å². The molecule has 0 bridgehead atoms. The van der Waals surface area contributed by atoms with Gasteiger partial charge in [-0.05, 0) is 39.6 Å². The Labute approximate surface area is 157 Å². The molecule has 134 valence electrons. The van der Waals surface area contributed by atoms with Crippen molar-refractivity contribution in [1.29, 1.82) is 0 Å². The fraction of sp³-hybridized carbons (Fsp3) is 0.125. The van der Waals surface area contributed by atoms with E-state index in [1.165, 1.54) is 10.8 Å². The summed E-state index contributed by atoms with van der Waals surface area (Å²) < 4.78 is 6.04. The Bertz CT molecular complexity index is 1110. The first-order valence-corrected chi connectivity index (χ1v) is 9.08. The molecule has 0 saturated carbocycles. The third-order valence-corrected chi connectivity index (χ3v) is 4.74. The van der Waals surface area contributed by atoms with Gasteiger partial charge >= 0.3 is 5.97 Å². The number of carboxylic acids is 1. The maximum Gasteiger partial charge on any atom is 0.303 e. The first kappa shape index (κ1) is 17.1. The summed E-state index contributed by atoms with van der Waals surface area (Å²) in [6.45, 7) is 0.377. The summed E-state index contributed by atoms with van der Waals surface area (Å²) in [5.41, 5.74) is 2.18. The maximum atomic E-state index is 10.8. The quantitative estimate of drug-likeness (QED) is 0.437. The van der Waals surface area contributed by atoms with Crippen molar-refractivity contribution in [3.05, 3.63) is 78.9 Å². The van der Waals surface area contributed by atoms with Gasteiger partial charge in [0.1, 0.15) is 5.75 Å². The molecule has 0 aliphatic rings. The minimum atomic E-state index is -0.800. The number of rotatable bonds is 6. The van der Waals surface area contributed by atoms with Crippen LogP contribution in [0.5, 0.6) is 5.75 Å². The molecule has 0 fully saturated rings. The molecular formula is C24H20O3. The number of aliphatic carboxylic acids is 1. The molecule has 0 aromatic heterocycles. The first-order chi connectivity index (χ1) is 13.2. The van der Waals surface area contributed by atoms with Gasteiger partial charge in [0.25, 0.3) is 0 Å². The molecule has 27 heavy (non-hydrogen) atoms. The monoisotopic (exact) mass is 356 g/mol. The van der Waals surface area contributed by atoms with Crippen LogP contribution in [0.4, 0.5) is 0 Å². The third-order valence-electron chi connectivity index (χ3n) is 4.74. The van der Waals surface area contributed by atoms with E-state index >= 15 is 0 Å². The molecule has 4 aromatic carbocycles. The van der Waals surface area contributed by atoms with E-state index in [-0.39, 0.29) is 6.42 Å². The standard InChI is InChI=1S/C24H20O3/c25-23(26)13-6-16-27-22-15-14-18-8-2-4-11-20(18)24(22)21-12-5-9-17-7-1-3-10-19(17)21/h1-5,7-12,14-15H,6,13,16H2,(H,25,26). The largest absolute Gasteiger partial charge is 0.493 e. The van der Waals surface area contributed by atoms with Crippen LogP contribution in [0.3, 0.4) is 0 Å². The summed E-state index contributed by atoms with van der Waals surface area (Å²) in [6, 6.07) is 26.9. The van der Waals surface area contributed by atoms with E-state index in [0.29, 0.717) is 13.0 Å². The van der Waals surface area contributed by atoms with Crippen LogP contribution in [0.25, 0.3) is 32.7 Å². The number of ether oxygens (including phenoxy) is 1. The van der Waals surface area contributed by atoms with E-state index in [1.807, 2.05) is 30.3 Å². The Morgan fingerprint density at radius 1 is 0.778 bits per heavy atom. The van der Waals surface area contributed by atoms with Crippen LogP contribution in [0.15, 0.2) is 78.9 Å². The van der Waals surface area contributed by atoms with Crippen LogP contribution in [0.2, 0.25) is 0 Å². The minimum Gasteiger partial charge on any atom is -0.493 e. The Morgan fingerprint density at radius 2 is 1.44 bits per heavy atom. The molecule has 0 aliphatic carbocycles. The van der Waals surface area contributed by atoms with Gasteiger partial charge in [0.2, 0.25) is 0 Å². The van der Waals surface area contributed by atoms with Gasteiger partial charge in [-0.3, -0.25) is 4.79 Å². The number of carbonyl (C=O) groups is 1. The zero-order valence-corrected chi connectivity index (χ0v) is 14.9. The SMILES string of the molecule is O=C(O)CCCOc1ccc2ccccc2c1-c1cccc2ccccc12. The first-order valence-electron chi connectivity index (χ1n) is 9.08. The Hall–Kier alpha value is -3.33. The van der Waals surface area contributed by atoms with Crippen LogP contribution >= 0.6 is 0 Å². The Balaban J connectivity index is 1.86. The van der Waals surface area contributed by atoms with E-state index in [1.54, 1.807) is 0 Å².